The third-order valence-corrected chi connectivity index (χ3v) is 6.55. The Morgan fingerprint density at radius 1 is 1.14 bits per heavy atom. The number of anilines is 1. The van der Waals surface area contributed by atoms with Gasteiger partial charge in [0, 0.05) is 26.0 Å². The number of aromatic nitrogens is 3. The minimum atomic E-state index is -1.45. The molecule has 2 aromatic carbocycles. The Kier molecular flexibility index (Phi) is 5.69. The Labute approximate surface area is 200 Å². The van der Waals surface area contributed by atoms with E-state index in [1.54, 1.807) is 0 Å². The van der Waals surface area contributed by atoms with Crippen LogP contribution in [0.4, 0.5) is 10.7 Å². The van der Waals surface area contributed by atoms with Crippen LogP contribution in [0.15, 0.2) is 48.5 Å². The Morgan fingerprint density at radius 3 is 2.40 bits per heavy atom. The highest BCUT2D eigenvalue weighted by Crippen LogP contribution is 2.44. The number of nitrogens with zero attached hydrogens (tertiary/aromatic N) is 3. The van der Waals surface area contributed by atoms with Crippen LogP contribution in [0.5, 0.6) is 0 Å². The fraction of sp³-hybridized carbons (Fsp3) is 0.292. The second-order valence-corrected chi connectivity index (χ2v) is 8.44. The summed E-state index contributed by atoms with van der Waals surface area (Å²) in [5, 5.41) is 18.2. The van der Waals surface area contributed by atoms with Crippen molar-refractivity contribution in [2.45, 2.75) is 17.9 Å². The number of aliphatic carboxylic acids is 1. The number of amides is 2. The summed E-state index contributed by atoms with van der Waals surface area (Å²) in [6, 6.07) is 16.0. The molecule has 1 atom stereocenters. The van der Waals surface area contributed by atoms with Crippen molar-refractivity contribution >= 4 is 23.9 Å². The van der Waals surface area contributed by atoms with Gasteiger partial charge in [-0.15, -0.1) is 5.10 Å². The van der Waals surface area contributed by atoms with Gasteiger partial charge in [0.15, 0.2) is 5.60 Å². The molecule has 0 bridgehead atoms. The largest absolute Gasteiger partial charge is 0.479 e. The van der Waals surface area contributed by atoms with Crippen molar-refractivity contribution in [3.05, 3.63) is 65.5 Å². The first-order valence-corrected chi connectivity index (χ1v) is 11.0. The highest BCUT2D eigenvalue weighted by atomic mass is 16.5. The fourth-order valence-electron chi connectivity index (χ4n) is 4.67. The molecule has 1 aliphatic carbocycles. The predicted octanol–water partition coefficient (Wildman–Crippen LogP) is 2.48. The number of hydrogen-bond donors (Lipinski definition) is 3. The molecule has 1 fully saturated rings. The summed E-state index contributed by atoms with van der Waals surface area (Å²) in [6.45, 7) is 0.195. The van der Waals surface area contributed by atoms with Gasteiger partial charge in [-0.25, -0.2) is 9.59 Å². The highest BCUT2D eigenvalue weighted by molar-refractivity contribution is 5.93. The van der Waals surface area contributed by atoms with Crippen molar-refractivity contribution in [2.75, 3.05) is 32.1 Å². The van der Waals surface area contributed by atoms with E-state index in [9.17, 15) is 19.5 Å². The Morgan fingerprint density at radius 2 is 1.80 bits per heavy atom. The van der Waals surface area contributed by atoms with Gasteiger partial charge >= 0.3 is 12.1 Å². The maximum absolute atomic E-state index is 12.7. The molecule has 3 N–H and O–H groups in total. The van der Waals surface area contributed by atoms with Crippen molar-refractivity contribution < 1.29 is 29.0 Å². The molecule has 5 rings (SSSR count). The Hall–Kier alpha value is -4.25. The third-order valence-electron chi connectivity index (χ3n) is 6.55. The minimum Gasteiger partial charge on any atom is -0.479 e. The van der Waals surface area contributed by atoms with Crippen LogP contribution in [0.2, 0.25) is 0 Å². The maximum atomic E-state index is 12.7. The molecule has 180 valence electrons. The molecule has 2 amide bonds. The van der Waals surface area contributed by atoms with Crippen LogP contribution in [0.1, 0.15) is 34.1 Å². The quantitative estimate of drug-likeness (QED) is 0.491. The lowest BCUT2D eigenvalue weighted by Crippen LogP contribution is -2.44. The van der Waals surface area contributed by atoms with Crippen molar-refractivity contribution in [3.63, 3.8) is 0 Å². The number of likely N-dealkylation sites (tertiary alicyclic amines) is 1. The normalized spacial score (nSPS) is 18.7. The average Bonchev–Trinajstić information content (AvgIpc) is 3.59. The molecule has 3 aromatic rings. The molecule has 0 spiro atoms. The molecule has 1 aromatic heterocycles. The molecule has 1 saturated heterocycles. The standard InChI is InChI=1S/C24H23N5O6/c1-34-24(21(31)32)10-11-29(13-24)20(30)19-25-22(28-27-19)26-23(33)35-12-18-16-8-4-2-6-14(16)15-7-3-5-9-17(15)18/h2-9,18H,10-13H2,1H3,(H,31,32)(H2,25,26,27,28,33). The van der Waals surface area contributed by atoms with Crippen molar-refractivity contribution in [2.24, 2.45) is 0 Å². The van der Waals surface area contributed by atoms with Crippen molar-refractivity contribution in [1.29, 1.82) is 0 Å². The van der Waals surface area contributed by atoms with Crippen LogP contribution >= 0.6 is 0 Å². The van der Waals surface area contributed by atoms with Gasteiger partial charge in [-0.05, 0) is 22.3 Å². The molecule has 0 saturated carbocycles. The summed E-state index contributed by atoms with van der Waals surface area (Å²) in [5.41, 5.74) is 2.98. The molecule has 2 aliphatic rings. The number of hydrogen-bond acceptors (Lipinski definition) is 7. The molecule has 2 heterocycles. The van der Waals surface area contributed by atoms with Gasteiger partial charge in [-0.2, -0.15) is 4.98 Å². The minimum absolute atomic E-state index is 0.0946. The number of carboxylic acid groups (broad SMARTS) is 1. The molecule has 1 aliphatic heterocycles. The summed E-state index contributed by atoms with van der Waals surface area (Å²) < 4.78 is 10.6. The van der Waals surface area contributed by atoms with Crippen molar-refractivity contribution in [3.8, 4) is 11.1 Å². The predicted molar refractivity (Wildman–Crippen MR) is 123 cm³/mol. The zero-order valence-electron chi connectivity index (χ0n) is 18.9. The van der Waals surface area contributed by atoms with Crippen LogP contribution in [-0.4, -0.2) is 75.6 Å². The van der Waals surface area contributed by atoms with Gasteiger partial charge in [-0.3, -0.25) is 15.2 Å². The first-order valence-electron chi connectivity index (χ1n) is 11.0. The van der Waals surface area contributed by atoms with Crippen LogP contribution in [0.25, 0.3) is 11.1 Å². The van der Waals surface area contributed by atoms with Gasteiger partial charge in [0.25, 0.3) is 11.9 Å². The van der Waals surface area contributed by atoms with E-state index in [4.69, 9.17) is 9.47 Å². The van der Waals surface area contributed by atoms with Crippen molar-refractivity contribution in [1.82, 2.24) is 20.1 Å². The topological polar surface area (TPSA) is 147 Å². The number of carboxylic acids is 1. The average molecular weight is 477 g/mol. The molecular weight excluding hydrogens is 454 g/mol. The number of H-pyrrole nitrogens is 1. The number of rotatable bonds is 6. The number of fused-ring (bicyclic) bond motifs is 3. The van der Waals surface area contributed by atoms with E-state index >= 15 is 0 Å². The second kappa shape index (κ2) is 8.84. The monoisotopic (exact) mass is 477 g/mol. The number of benzene rings is 2. The van der Waals surface area contributed by atoms with Gasteiger partial charge in [0.2, 0.25) is 5.82 Å². The van der Waals surface area contributed by atoms with E-state index in [1.165, 1.54) is 12.0 Å². The zero-order valence-corrected chi connectivity index (χ0v) is 18.9. The summed E-state index contributed by atoms with van der Waals surface area (Å²) >= 11 is 0. The molecule has 11 nitrogen and oxygen atoms in total. The number of carbonyl (C=O) groups is 3. The zero-order chi connectivity index (χ0) is 24.6. The van der Waals surface area contributed by atoms with E-state index in [2.05, 4.69) is 20.5 Å². The van der Waals surface area contributed by atoms with Gasteiger partial charge in [0.05, 0.1) is 6.54 Å². The van der Waals surface area contributed by atoms with Gasteiger partial charge in [0.1, 0.15) is 6.61 Å². The molecule has 0 radical (unpaired) electrons. The summed E-state index contributed by atoms with van der Waals surface area (Å²) in [7, 11) is 1.30. The summed E-state index contributed by atoms with van der Waals surface area (Å²) in [5.74, 6) is -2.02. The van der Waals surface area contributed by atoms with E-state index in [0.717, 1.165) is 22.3 Å². The summed E-state index contributed by atoms with van der Waals surface area (Å²) in [6.07, 6.45) is -0.598. The molecule has 11 heteroatoms. The van der Waals surface area contributed by atoms with Crippen LogP contribution < -0.4 is 5.32 Å². The van der Waals surface area contributed by atoms with Gasteiger partial charge in [-0.1, -0.05) is 48.5 Å². The van der Waals surface area contributed by atoms with E-state index in [-0.39, 0.29) is 43.8 Å². The SMILES string of the molecule is COC1(C(=O)O)CCN(C(=O)c2nc(NC(=O)OCC3c4ccccc4-c4ccccc43)n[nH]2)C1. The van der Waals surface area contributed by atoms with Gasteiger partial charge < -0.3 is 19.5 Å². The lowest BCUT2D eigenvalue weighted by atomic mass is 9.98. The van der Waals surface area contributed by atoms with Crippen LogP contribution in [0.3, 0.4) is 0 Å². The smallest absolute Gasteiger partial charge is 0.414 e. The highest BCUT2D eigenvalue weighted by Gasteiger charge is 2.47. The first-order chi connectivity index (χ1) is 16.9. The number of carbonyl (C=O) groups excluding carboxylic acids is 2. The number of nitrogens with one attached hydrogen (secondary N) is 2. The molecule has 35 heavy (non-hydrogen) atoms. The van der Waals surface area contributed by atoms with E-state index in [0.29, 0.717) is 0 Å². The molecule has 1 unspecified atom stereocenters. The molecular formula is C24H23N5O6. The Bertz CT molecular complexity index is 1260. The maximum Gasteiger partial charge on any atom is 0.414 e. The Balaban J connectivity index is 1.21. The van der Waals surface area contributed by atoms with E-state index in [1.807, 2.05) is 48.5 Å². The van der Waals surface area contributed by atoms with Crippen LogP contribution in [0, 0.1) is 0 Å². The number of ether oxygens (including phenoxy) is 2. The number of methoxy groups -OCH3 is 1. The lowest BCUT2D eigenvalue weighted by Gasteiger charge is -2.22. The first kappa shape index (κ1) is 22.5. The van der Waals surface area contributed by atoms with Crippen LogP contribution in [-0.2, 0) is 14.3 Å². The second-order valence-electron chi connectivity index (χ2n) is 8.44. The van der Waals surface area contributed by atoms with E-state index < -0.39 is 23.6 Å². The third kappa shape index (κ3) is 3.99. The lowest BCUT2D eigenvalue weighted by molar-refractivity contribution is -0.160. The summed E-state index contributed by atoms with van der Waals surface area (Å²) in [4.78, 5) is 42.0. The fourth-order valence-corrected chi connectivity index (χ4v) is 4.67. The number of aromatic amines is 1.